The maximum atomic E-state index is 2.79. The molecule has 0 bridgehead atoms. The van der Waals surface area contributed by atoms with Crippen molar-refractivity contribution in [3.63, 3.8) is 0 Å². The third-order valence-electron chi connectivity index (χ3n) is 19.2. The first-order valence-electron chi connectivity index (χ1n) is 29.4. The molecule has 9 aromatic carbocycles. The Bertz CT molecular complexity index is 3910. The highest BCUT2D eigenvalue weighted by molar-refractivity contribution is 7.00. The van der Waals surface area contributed by atoms with Crippen LogP contribution in [0.2, 0.25) is 0 Å². The van der Waals surface area contributed by atoms with Crippen LogP contribution in [-0.2, 0) is 27.1 Å². The molecule has 3 heterocycles. The lowest BCUT2D eigenvalue weighted by molar-refractivity contribution is 0.133. The highest BCUT2D eigenvalue weighted by Crippen LogP contribution is 2.66. The summed E-state index contributed by atoms with van der Waals surface area (Å²) in [7, 11) is 0. The third-order valence-corrected chi connectivity index (χ3v) is 19.2. The zero-order chi connectivity index (χ0) is 56.1. The van der Waals surface area contributed by atoms with Crippen molar-refractivity contribution in [3.05, 3.63) is 222 Å². The fourth-order valence-electron chi connectivity index (χ4n) is 14.0. The average molecular weight is 1040 g/mol. The summed E-state index contributed by atoms with van der Waals surface area (Å²) in [5, 5.41) is 0. The predicted molar refractivity (Wildman–Crippen MR) is 345 cm³/mol. The normalized spacial score (nSPS) is 18.3. The molecule has 3 nitrogen and oxygen atoms in total. The zero-order valence-corrected chi connectivity index (χ0v) is 49.8. The van der Waals surface area contributed by atoms with E-state index in [0.717, 1.165) is 12.8 Å². The second kappa shape index (κ2) is 18.0. The average Bonchev–Trinajstić information content (AvgIpc) is 1.70. The predicted octanol–water partition coefficient (Wildman–Crippen LogP) is 18.9. The van der Waals surface area contributed by atoms with Gasteiger partial charge in [0.25, 0.3) is 6.71 Å². The summed E-state index contributed by atoms with van der Waals surface area (Å²) in [6.07, 6.45) is 2.26. The number of hydrogen-bond donors (Lipinski definition) is 0. The van der Waals surface area contributed by atoms with Crippen LogP contribution in [-0.4, -0.2) is 12.3 Å². The van der Waals surface area contributed by atoms with Crippen LogP contribution in [0.25, 0.3) is 33.4 Å². The first-order chi connectivity index (χ1) is 37.9. The van der Waals surface area contributed by atoms with Gasteiger partial charge < -0.3 is 14.7 Å². The lowest BCUT2D eigenvalue weighted by Gasteiger charge is -2.56. The highest BCUT2D eigenvalue weighted by Gasteiger charge is 2.63. The molecule has 0 amide bonds. The maximum absolute atomic E-state index is 2.79. The third kappa shape index (κ3) is 8.05. The second-order valence-electron chi connectivity index (χ2n) is 28.3. The summed E-state index contributed by atoms with van der Waals surface area (Å²) >= 11 is 0. The van der Waals surface area contributed by atoms with Gasteiger partial charge in [0.05, 0.1) is 16.9 Å². The topological polar surface area (TPSA) is 9.72 Å². The minimum Gasteiger partial charge on any atom is -0.334 e. The molecule has 2 atom stereocenters. The second-order valence-corrected chi connectivity index (χ2v) is 28.3. The van der Waals surface area contributed by atoms with E-state index in [4.69, 9.17) is 0 Å². The minimum atomic E-state index is -0.152. The van der Waals surface area contributed by atoms with Gasteiger partial charge in [-0.25, -0.2) is 0 Å². The Morgan fingerprint density at radius 1 is 0.350 bits per heavy atom. The van der Waals surface area contributed by atoms with Gasteiger partial charge in [-0.15, -0.1) is 0 Å². The van der Waals surface area contributed by atoms with Crippen molar-refractivity contribution in [1.29, 1.82) is 0 Å². The van der Waals surface area contributed by atoms with Gasteiger partial charge in [0.1, 0.15) is 0 Å². The lowest BCUT2D eigenvalue weighted by Crippen LogP contribution is -2.62. The Morgan fingerprint density at radius 3 is 1.20 bits per heavy atom. The first kappa shape index (κ1) is 51.9. The Balaban J connectivity index is 1.20. The summed E-state index contributed by atoms with van der Waals surface area (Å²) in [5.41, 5.74) is 27.5. The molecule has 9 aromatic rings. The van der Waals surface area contributed by atoms with E-state index >= 15 is 0 Å². The van der Waals surface area contributed by atoms with E-state index in [1.165, 1.54) is 123 Å². The number of hydrogen-bond acceptors (Lipinski definition) is 3. The first-order valence-corrected chi connectivity index (χ1v) is 29.4. The van der Waals surface area contributed by atoms with Gasteiger partial charge >= 0.3 is 0 Å². The molecule has 2 unspecified atom stereocenters. The SMILES string of the molecule is CC(C)(C)c1ccc2c(c1)B1c3cc(-c4ccccc4)ccc3N(c3ccc(C(C)(C)C)cc3-c3ccccc3)c3cc(N4c5ccc(C(C)(C)C)cc5C5(C)CCC45C)cc(c31)N2c1ccc(C(C)(C)C)cc1-c1ccccc1. The highest BCUT2D eigenvalue weighted by atomic mass is 15.3. The van der Waals surface area contributed by atoms with Crippen molar-refractivity contribution in [2.75, 3.05) is 14.7 Å². The van der Waals surface area contributed by atoms with Crippen molar-refractivity contribution in [2.45, 2.75) is 142 Å². The van der Waals surface area contributed by atoms with Crippen LogP contribution in [0, 0.1) is 0 Å². The van der Waals surface area contributed by atoms with Gasteiger partial charge in [-0.1, -0.05) is 230 Å². The molecule has 400 valence electrons. The molecule has 0 aromatic heterocycles. The molecule has 0 radical (unpaired) electrons. The van der Waals surface area contributed by atoms with E-state index in [1.54, 1.807) is 0 Å². The summed E-state index contributed by atoms with van der Waals surface area (Å²) < 4.78 is 0. The van der Waals surface area contributed by atoms with E-state index < -0.39 is 0 Å². The molecular weight excluding hydrogens is 966 g/mol. The van der Waals surface area contributed by atoms with Crippen LogP contribution in [0.4, 0.5) is 45.5 Å². The van der Waals surface area contributed by atoms with Gasteiger partial charge in [-0.2, -0.15) is 0 Å². The molecule has 80 heavy (non-hydrogen) atoms. The Kier molecular flexibility index (Phi) is 11.7. The van der Waals surface area contributed by atoms with Gasteiger partial charge in [0.15, 0.2) is 0 Å². The molecule has 0 spiro atoms. The maximum Gasteiger partial charge on any atom is 0.252 e. The molecule has 1 fully saturated rings. The molecule has 1 saturated carbocycles. The quantitative estimate of drug-likeness (QED) is 0.154. The van der Waals surface area contributed by atoms with E-state index in [1.807, 2.05) is 0 Å². The Morgan fingerprint density at radius 2 is 0.750 bits per heavy atom. The molecule has 1 aliphatic carbocycles. The van der Waals surface area contributed by atoms with Crippen LogP contribution in [0.1, 0.15) is 138 Å². The number of fused-ring (bicyclic) bond motifs is 7. The number of anilines is 8. The molecule has 0 N–H and O–H groups in total. The van der Waals surface area contributed by atoms with Crippen molar-refractivity contribution in [3.8, 4) is 33.4 Å². The number of benzene rings is 9. The Hall–Kier alpha value is -7.56. The minimum absolute atomic E-state index is 0.0248. The number of rotatable bonds is 6. The Labute approximate surface area is 478 Å². The van der Waals surface area contributed by atoms with Crippen LogP contribution < -0.4 is 31.1 Å². The molecule has 4 heteroatoms. The van der Waals surface area contributed by atoms with Crippen molar-refractivity contribution in [2.24, 2.45) is 0 Å². The van der Waals surface area contributed by atoms with Crippen LogP contribution in [0.5, 0.6) is 0 Å². The van der Waals surface area contributed by atoms with E-state index in [2.05, 4.69) is 306 Å². The lowest BCUT2D eigenvalue weighted by atomic mass is 9.33. The largest absolute Gasteiger partial charge is 0.334 e. The fourth-order valence-corrected chi connectivity index (χ4v) is 14.0. The summed E-state index contributed by atoms with van der Waals surface area (Å²) in [5.74, 6) is 0. The molecule has 4 aliphatic rings. The smallest absolute Gasteiger partial charge is 0.252 e. The summed E-state index contributed by atoms with van der Waals surface area (Å²) in [4.78, 5) is 8.15. The summed E-state index contributed by atoms with van der Waals surface area (Å²) in [6.45, 7) is 33.2. The summed E-state index contributed by atoms with van der Waals surface area (Å²) in [6, 6.07) is 75.4. The van der Waals surface area contributed by atoms with Crippen LogP contribution in [0.3, 0.4) is 0 Å². The van der Waals surface area contributed by atoms with Gasteiger partial charge in [-0.05, 0) is 162 Å². The zero-order valence-electron chi connectivity index (χ0n) is 49.8. The standard InChI is InChI=1S/C76H78BN3/c1-71(2,3)53-31-36-63(58(43-53)50-26-20-16-21-27-50)78-66-35-30-52(49-24-18-15-19-25-49)42-61(66)77-62-46-56(74(10,11)12)34-39-67(62)79(64-37-32-54(72(4,5)6)44-59(64)51-28-22-17-23-29-51)69-48-57(47-68(78)70(69)77)80-65-38-33-55(73(7,8)9)45-60(65)75(13)40-41-76(75,80)14/h15-39,42-48H,40-41H2,1-14H3. The van der Waals surface area contributed by atoms with Crippen LogP contribution >= 0.6 is 0 Å². The van der Waals surface area contributed by atoms with Crippen molar-refractivity contribution < 1.29 is 0 Å². The molecule has 3 aliphatic heterocycles. The van der Waals surface area contributed by atoms with Gasteiger partial charge in [0, 0.05) is 50.7 Å². The van der Waals surface area contributed by atoms with Crippen molar-refractivity contribution in [1.82, 2.24) is 0 Å². The van der Waals surface area contributed by atoms with E-state index in [-0.39, 0.29) is 39.3 Å². The van der Waals surface area contributed by atoms with Crippen LogP contribution in [0.15, 0.2) is 194 Å². The molecular formula is C76H78BN3. The van der Waals surface area contributed by atoms with Gasteiger partial charge in [0.2, 0.25) is 0 Å². The van der Waals surface area contributed by atoms with E-state index in [9.17, 15) is 0 Å². The van der Waals surface area contributed by atoms with Crippen molar-refractivity contribution >= 4 is 68.6 Å². The number of nitrogens with zero attached hydrogens (tertiary/aromatic N) is 3. The fraction of sp³-hybridized carbons (Fsp3) is 0.289. The molecule has 0 saturated heterocycles. The van der Waals surface area contributed by atoms with Gasteiger partial charge in [-0.3, -0.25) is 0 Å². The monoisotopic (exact) mass is 1040 g/mol. The molecule has 13 rings (SSSR count). The van der Waals surface area contributed by atoms with E-state index in [0.29, 0.717) is 0 Å².